The molecule has 0 aliphatic rings. The van der Waals surface area contributed by atoms with E-state index in [2.05, 4.69) is 5.10 Å². The van der Waals surface area contributed by atoms with E-state index in [-0.39, 0.29) is 17.4 Å². The number of hydrogen-bond donors (Lipinski definition) is 0. The number of ether oxygens (including phenoxy) is 1. The molecule has 1 aromatic carbocycles. The van der Waals surface area contributed by atoms with Gasteiger partial charge in [0, 0.05) is 17.7 Å². The summed E-state index contributed by atoms with van der Waals surface area (Å²) in [5.74, 6) is -0.334. The number of aryl methyl sites for hydroxylation is 1. The van der Waals surface area contributed by atoms with Crippen LogP contribution in [-0.2, 0) is 25.9 Å². The van der Waals surface area contributed by atoms with E-state index >= 15 is 0 Å². The molecule has 3 rings (SSSR count). The van der Waals surface area contributed by atoms with E-state index < -0.39 is 9.84 Å². The van der Waals surface area contributed by atoms with Crippen LogP contribution in [0.2, 0.25) is 0 Å². The van der Waals surface area contributed by atoms with Crippen molar-refractivity contribution in [2.24, 2.45) is 0 Å². The molecule has 2 heterocycles. The highest BCUT2D eigenvalue weighted by Gasteiger charge is 2.16. The Morgan fingerprint density at radius 1 is 1.17 bits per heavy atom. The van der Waals surface area contributed by atoms with Gasteiger partial charge in [0.1, 0.15) is 13.2 Å². The fourth-order valence-electron chi connectivity index (χ4n) is 2.89. The van der Waals surface area contributed by atoms with Crippen LogP contribution in [-0.4, -0.2) is 62.6 Å². The summed E-state index contributed by atoms with van der Waals surface area (Å²) in [5.41, 5.74) is 2.47. The van der Waals surface area contributed by atoms with Gasteiger partial charge < -0.3 is 9.64 Å². The average molecular weight is 448 g/mol. The number of nitrogens with zero attached hydrogens (tertiary/aromatic N) is 3. The number of hydrogen-bond acceptors (Lipinski definition) is 7. The Morgan fingerprint density at radius 2 is 1.90 bits per heavy atom. The maximum Gasteiger partial charge on any atom is 0.327 e. The molecule has 0 spiro atoms. The maximum atomic E-state index is 12.2. The number of thiophene rings is 1. The third-order valence-electron chi connectivity index (χ3n) is 4.39. The molecule has 0 fully saturated rings. The minimum absolute atomic E-state index is 0.0351. The van der Waals surface area contributed by atoms with E-state index in [0.717, 1.165) is 26.7 Å². The van der Waals surface area contributed by atoms with Crippen molar-refractivity contribution in [3.8, 4) is 21.0 Å². The average Bonchev–Trinajstić information content (AvgIpc) is 3.27. The van der Waals surface area contributed by atoms with Gasteiger partial charge in [-0.05, 0) is 56.9 Å². The summed E-state index contributed by atoms with van der Waals surface area (Å²) in [6, 6.07) is 12.7. The number of aromatic nitrogens is 2. The van der Waals surface area contributed by atoms with Gasteiger partial charge in [-0.15, -0.1) is 11.3 Å². The molecule has 0 saturated heterocycles. The lowest BCUT2D eigenvalue weighted by Crippen LogP contribution is -2.22. The van der Waals surface area contributed by atoms with Crippen LogP contribution in [0.5, 0.6) is 0 Å². The monoisotopic (exact) mass is 447 g/mol. The van der Waals surface area contributed by atoms with Crippen LogP contribution < -0.4 is 0 Å². The second kappa shape index (κ2) is 9.11. The first-order valence-electron chi connectivity index (χ1n) is 9.39. The second-order valence-corrected chi connectivity index (χ2v) is 10.4. The van der Waals surface area contributed by atoms with E-state index in [1.165, 1.54) is 17.6 Å². The zero-order valence-corrected chi connectivity index (χ0v) is 19.1. The van der Waals surface area contributed by atoms with Crippen LogP contribution in [0.25, 0.3) is 21.0 Å². The Kier molecular flexibility index (Phi) is 6.74. The van der Waals surface area contributed by atoms with Crippen molar-refractivity contribution in [2.45, 2.75) is 18.4 Å². The zero-order valence-electron chi connectivity index (χ0n) is 17.5. The first-order valence-corrected chi connectivity index (χ1v) is 12.1. The number of sulfone groups is 1. The van der Waals surface area contributed by atoms with Crippen LogP contribution in [0, 0.1) is 6.92 Å². The van der Waals surface area contributed by atoms with Gasteiger partial charge in [-0.2, -0.15) is 5.10 Å². The largest absolute Gasteiger partial charge is 0.463 e. The van der Waals surface area contributed by atoms with E-state index in [1.54, 1.807) is 22.9 Å². The molecule has 0 aliphatic carbocycles. The summed E-state index contributed by atoms with van der Waals surface area (Å²) in [7, 11) is 0.566. The number of carbonyl (C=O) groups excluding carboxylic acids is 1. The Morgan fingerprint density at radius 3 is 2.60 bits per heavy atom. The normalized spacial score (nSPS) is 11.8. The third-order valence-corrected chi connectivity index (χ3v) is 6.65. The van der Waals surface area contributed by atoms with Gasteiger partial charge >= 0.3 is 5.97 Å². The minimum atomic E-state index is -3.27. The lowest BCUT2D eigenvalue weighted by atomic mass is 10.2. The second-order valence-electron chi connectivity index (χ2n) is 7.32. The number of esters is 1. The molecular weight excluding hydrogens is 422 g/mol. The predicted molar refractivity (Wildman–Crippen MR) is 118 cm³/mol. The first kappa shape index (κ1) is 22.2. The van der Waals surface area contributed by atoms with Gasteiger partial charge in [0.15, 0.2) is 9.84 Å². The first-order chi connectivity index (χ1) is 14.1. The zero-order chi connectivity index (χ0) is 21.9. The van der Waals surface area contributed by atoms with Crippen molar-refractivity contribution in [3.63, 3.8) is 0 Å². The quantitative estimate of drug-likeness (QED) is 0.494. The van der Waals surface area contributed by atoms with Crippen molar-refractivity contribution >= 4 is 27.1 Å². The fourth-order valence-corrected chi connectivity index (χ4v) is 4.57. The molecule has 2 aromatic heterocycles. The molecule has 0 aliphatic heterocycles. The number of benzene rings is 1. The smallest absolute Gasteiger partial charge is 0.327 e. The van der Waals surface area contributed by atoms with Crippen LogP contribution in [0.3, 0.4) is 0 Å². The van der Waals surface area contributed by atoms with Crippen molar-refractivity contribution in [1.82, 2.24) is 14.7 Å². The Balaban J connectivity index is 1.82. The van der Waals surface area contributed by atoms with Gasteiger partial charge in [-0.3, -0.25) is 9.48 Å². The molecule has 0 atom stereocenters. The summed E-state index contributed by atoms with van der Waals surface area (Å²) < 4.78 is 30.6. The van der Waals surface area contributed by atoms with Crippen LogP contribution in [0.15, 0.2) is 47.4 Å². The molecular formula is C21H25N3O4S2. The molecule has 0 saturated carbocycles. The molecule has 0 N–H and O–H groups in total. The molecule has 3 aromatic rings. The van der Waals surface area contributed by atoms with Crippen LogP contribution in [0.4, 0.5) is 0 Å². The molecule has 0 amide bonds. The van der Waals surface area contributed by atoms with Gasteiger partial charge in [0.2, 0.25) is 0 Å². The number of carbonyl (C=O) groups is 1. The maximum absolute atomic E-state index is 12.2. The lowest BCUT2D eigenvalue weighted by molar-refractivity contribution is -0.144. The van der Waals surface area contributed by atoms with Crippen LogP contribution in [0.1, 0.15) is 5.69 Å². The lowest BCUT2D eigenvalue weighted by Gasteiger charge is -2.10. The highest BCUT2D eigenvalue weighted by molar-refractivity contribution is 7.90. The predicted octanol–water partition coefficient (Wildman–Crippen LogP) is 3.10. The fraction of sp³-hybridized carbons (Fsp3) is 0.333. The summed E-state index contributed by atoms with van der Waals surface area (Å²) in [6.07, 6.45) is 1.20. The standard InChI is InChI=1S/C21H25N3O4S2/c1-15-12-18(24(22-15)14-21(25)28-11-10-23(2)3)20-9-8-19(29-20)16-6-5-7-17(13-16)30(4,26)27/h5-9,12-13H,10-11,14H2,1-4H3. The molecule has 160 valence electrons. The van der Waals surface area contributed by atoms with Crippen LogP contribution >= 0.6 is 11.3 Å². The van der Waals surface area contributed by atoms with Gasteiger partial charge in [0.05, 0.1) is 21.2 Å². The third kappa shape index (κ3) is 5.56. The number of rotatable bonds is 8. The Labute approximate surface area is 180 Å². The summed E-state index contributed by atoms with van der Waals surface area (Å²) >= 11 is 1.52. The molecule has 30 heavy (non-hydrogen) atoms. The van der Waals surface area contributed by atoms with E-state index in [4.69, 9.17) is 4.74 Å². The Bertz CT molecular complexity index is 1150. The molecule has 0 radical (unpaired) electrons. The molecule has 9 heteroatoms. The highest BCUT2D eigenvalue weighted by atomic mass is 32.2. The summed E-state index contributed by atoms with van der Waals surface area (Å²) in [5, 5.41) is 4.43. The van der Waals surface area contributed by atoms with Crippen molar-refractivity contribution < 1.29 is 17.9 Å². The summed E-state index contributed by atoms with van der Waals surface area (Å²) in [6.45, 7) is 2.91. The molecule has 0 unspecified atom stereocenters. The highest BCUT2D eigenvalue weighted by Crippen LogP contribution is 2.35. The molecule has 0 bridgehead atoms. The van der Waals surface area contributed by atoms with E-state index in [0.29, 0.717) is 13.2 Å². The van der Waals surface area contributed by atoms with Crippen molar-refractivity contribution in [3.05, 3.63) is 48.2 Å². The van der Waals surface area contributed by atoms with E-state index in [9.17, 15) is 13.2 Å². The van der Waals surface area contributed by atoms with Gasteiger partial charge in [0.25, 0.3) is 0 Å². The molecule has 7 nitrogen and oxygen atoms in total. The number of likely N-dealkylation sites (N-methyl/N-ethyl adjacent to an activating group) is 1. The topological polar surface area (TPSA) is 81.5 Å². The van der Waals surface area contributed by atoms with E-state index in [1.807, 2.05) is 50.2 Å². The van der Waals surface area contributed by atoms with Gasteiger partial charge in [-0.1, -0.05) is 12.1 Å². The van der Waals surface area contributed by atoms with Gasteiger partial charge in [-0.25, -0.2) is 8.42 Å². The summed E-state index contributed by atoms with van der Waals surface area (Å²) in [4.78, 5) is 16.3. The van der Waals surface area contributed by atoms with Crippen molar-refractivity contribution in [1.29, 1.82) is 0 Å². The SMILES string of the molecule is Cc1cc(-c2ccc(-c3cccc(S(C)(=O)=O)c3)s2)n(CC(=O)OCCN(C)C)n1. The Hall–Kier alpha value is -2.49. The van der Waals surface area contributed by atoms with Crippen molar-refractivity contribution in [2.75, 3.05) is 33.5 Å². The minimum Gasteiger partial charge on any atom is -0.463 e.